The van der Waals surface area contributed by atoms with Crippen LogP contribution in [0.5, 0.6) is 23.0 Å². The molecular weight excluding hydrogens is 428 g/mol. The summed E-state index contributed by atoms with van der Waals surface area (Å²) >= 11 is 0. The molecule has 0 atom stereocenters. The number of nitrogens with one attached hydrogen (secondary N) is 1. The van der Waals surface area contributed by atoms with Crippen molar-refractivity contribution in [2.45, 2.75) is 25.7 Å². The third-order valence-corrected chi connectivity index (χ3v) is 7.23. The average molecular weight is 453 g/mol. The largest absolute Gasteiger partial charge is 0.456 e. The summed E-state index contributed by atoms with van der Waals surface area (Å²) in [5.74, 6) is 0.772. The first-order valence-corrected chi connectivity index (χ1v) is 11.6. The van der Waals surface area contributed by atoms with Gasteiger partial charge in [-0.3, -0.25) is 4.79 Å². The Bertz CT molecular complexity index is 1300. The van der Waals surface area contributed by atoms with Gasteiger partial charge in [-0.25, -0.2) is 12.7 Å². The molecule has 0 unspecified atom stereocenters. The standard InChI is InChI=1S/C24H24N2O5S/c1-5-26(4)32(28,29)23-13-18-21(14-22(23)30-17-9-6-15(2)7-10-17)31-20-11-8-16(3)12-19(20)25-24(18)27/h6-14H,5H2,1-4H3,(H,25,27). The third-order valence-electron chi connectivity index (χ3n) is 5.28. The predicted octanol–water partition coefficient (Wildman–Crippen LogP) is 5.09. The van der Waals surface area contributed by atoms with Gasteiger partial charge in [0.1, 0.15) is 16.4 Å². The van der Waals surface area contributed by atoms with Crippen LogP contribution in [-0.2, 0) is 10.0 Å². The Morgan fingerprint density at radius 3 is 2.34 bits per heavy atom. The molecule has 0 aromatic heterocycles. The molecular formula is C24H24N2O5S. The Morgan fingerprint density at radius 1 is 0.969 bits per heavy atom. The molecule has 32 heavy (non-hydrogen) atoms. The lowest BCUT2D eigenvalue weighted by Crippen LogP contribution is -2.27. The van der Waals surface area contributed by atoms with Gasteiger partial charge in [-0.15, -0.1) is 0 Å². The number of hydrogen-bond donors (Lipinski definition) is 1. The molecule has 0 radical (unpaired) electrons. The Kier molecular flexibility index (Phi) is 5.66. The van der Waals surface area contributed by atoms with Crippen LogP contribution < -0.4 is 14.8 Å². The first-order valence-electron chi connectivity index (χ1n) is 10.2. The Balaban J connectivity index is 1.89. The molecule has 0 bridgehead atoms. The summed E-state index contributed by atoms with van der Waals surface area (Å²) in [6.45, 7) is 5.85. The van der Waals surface area contributed by atoms with Crippen molar-refractivity contribution < 1.29 is 22.7 Å². The van der Waals surface area contributed by atoms with Gasteiger partial charge in [0.25, 0.3) is 5.91 Å². The van der Waals surface area contributed by atoms with Crippen molar-refractivity contribution in [3.05, 3.63) is 71.3 Å². The lowest BCUT2D eigenvalue weighted by molar-refractivity contribution is 0.102. The highest BCUT2D eigenvalue weighted by Gasteiger charge is 2.30. The van der Waals surface area contributed by atoms with Crippen LogP contribution in [0.15, 0.2) is 59.5 Å². The average Bonchev–Trinajstić information content (AvgIpc) is 2.89. The maximum absolute atomic E-state index is 13.2. The number of amides is 1. The molecule has 1 heterocycles. The molecule has 0 saturated carbocycles. The van der Waals surface area contributed by atoms with Crippen LogP contribution in [0.2, 0.25) is 0 Å². The highest BCUT2D eigenvalue weighted by atomic mass is 32.2. The molecule has 166 valence electrons. The van der Waals surface area contributed by atoms with Gasteiger partial charge in [-0.1, -0.05) is 30.7 Å². The number of fused-ring (bicyclic) bond motifs is 2. The van der Waals surface area contributed by atoms with E-state index in [1.165, 1.54) is 23.5 Å². The molecule has 0 spiro atoms. The summed E-state index contributed by atoms with van der Waals surface area (Å²) in [6.07, 6.45) is 0. The molecule has 0 fully saturated rings. The molecule has 7 nitrogen and oxygen atoms in total. The number of aryl methyl sites for hydroxylation is 2. The third kappa shape index (κ3) is 4.06. The Labute approximate surface area is 187 Å². The van der Waals surface area contributed by atoms with Crippen molar-refractivity contribution in [1.82, 2.24) is 4.31 Å². The second-order valence-electron chi connectivity index (χ2n) is 7.69. The normalized spacial score (nSPS) is 13.0. The molecule has 8 heteroatoms. The lowest BCUT2D eigenvalue weighted by Gasteiger charge is -2.19. The minimum Gasteiger partial charge on any atom is -0.456 e. The summed E-state index contributed by atoms with van der Waals surface area (Å²) in [6, 6.07) is 15.4. The zero-order valence-corrected chi connectivity index (χ0v) is 19.1. The van der Waals surface area contributed by atoms with E-state index < -0.39 is 15.9 Å². The van der Waals surface area contributed by atoms with Crippen molar-refractivity contribution in [3.8, 4) is 23.0 Å². The molecule has 1 N–H and O–H groups in total. The highest BCUT2D eigenvalue weighted by molar-refractivity contribution is 7.89. The van der Waals surface area contributed by atoms with Crippen LogP contribution >= 0.6 is 0 Å². The van der Waals surface area contributed by atoms with Crippen molar-refractivity contribution in [2.75, 3.05) is 18.9 Å². The quantitative estimate of drug-likeness (QED) is 0.583. The lowest BCUT2D eigenvalue weighted by atomic mass is 10.1. The maximum Gasteiger partial charge on any atom is 0.259 e. The van der Waals surface area contributed by atoms with Crippen LogP contribution in [0.1, 0.15) is 28.4 Å². The van der Waals surface area contributed by atoms with E-state index in [0.717, 1.165) is 11.1 Å². The van der Waals surface area contributed by atoms with Gasteiger partial charge in [0, 0.05) is 19.7 Å². The number of benzene rings is 3. The van der Waals surface area contributed by atoms with Crippen molar-refractivity contribution in [2.24, 2.45) is 0 Å². The molecule has 4 rings (SSSR count). The smallest absolute Gasteiger partial charge is 0.259 e. The van der Waals surface area contributed by atoms with Gasteiger partial charge in [-0.2, -0.15) is 0 Å². The molecule has 3 aromatic carbocycles. The summed E-state index contributed by atoms with van der Waals surface area (Å²) in [5, 5.41) is 2.80. The monoisotopic (exact) mass is 452 g/mol. The number of nitrogens with zero attached hydrogens (tertiary/aromatic N) is 1. The topological polar surface area (TPSA) is 84.9 Å². The van der Waals surface area contributed by atoms with Crippen molar-refractivity contribution in [3.63, 3.8) is 0 Å². The first kappa shape index (κ1) is 21.9. The summed E-state index contributed by atoms with van der Waals surface area (Å²) in [4.78, 5) is 12.9. The zero-order chi connectivity index (χ0) is 23.0. The fraction of sp³-hybridized carbons (Fsp3) is 0.208. The van der Waals surface area contributed by atoms with E-state index in [1.54, 1.807) is 31.2 Å². The van der Waals surface area contributed by atoms with Gasteiger partial charge < -0.3 is 14.8 Å². The Morgan fingerprint density at radius 2 is 1.66 bits per heavy atom. The number of sulfonamides is 1. The number of carbonyl (C=O) groups is 1. The van der Waals surface area contributed by atoms with E-state index in [-0.39, 0.29) is 28.5 Å². The minimum absolute atomic E-state index is 0.0799. The van der Waals surface area contributed by atoms with E-state index in [2.05, 4.69) is 5.32 Å². The molecule has 0 aliphatic carbocycles. The van der Waals surface area contributed by atoms with Crippen LogP contribution in [-0.4, -0.2) is 32.2 Å². The van der Waals surface area contributed by atoms with Crippen molar-refractivity contribution in [1.29, 1.82) is 0 Å². The van der Waals surface area contributed by atoms with Gasteiger partial charge >= 0.3 is 0 Å². The number of ether oxygens (including phenoxy) is 2. The van der Waals surface area contributed by atoms with Crippen molar-refractivity contribution >= 4 is 21.6 Å². The van der Waals surface area contributed by atoms with Gasteiger partial charge in [0.05, 0.1) is 11.3 Å². The molecule has 1 aliphatic rings. The molecule has 1 amide bonds. The highest BCUT2D eigenvalue weighted by Crippen LogP contribution is 2.42. The van der Waals surface area contributed by atoms with E-state index in [9.17, 15) is 13.2 Å². The molecule has 0 saturated heterocycles. The number of rotatable bonds is 5. The second kappa shape index (κ2) is 8.29. The van der Waals surface area contributed by atoms with E-state index in [4.69, 9.17) is 9.47 Å². The van der Waals surface area contributed by atoms with Gasteiger partial charge in [-0.05, 0) is 49.7 Å². The number of anilines is 1. The maximum atomic E-state index is 13.2. The van der Waals surface area contributed by atoms with E-state index >= 15 is 0 Å². The first-order chi connectivity index (χ1) is 15.2. The number of carbonyl (C=O) groups excluding carboxylic acids is 1. The van der Waals surface area contributed by atoms with Crippen LogP contribution in [0, 0.1) is 13.8 Å². The van der Waals surface area contributed by atoms with Gasteiger partial charge in [0.15, 0.2) is 11.5 Å². The van der Waals surface area contributed by atoms with Crippen LogP contribution in [0.3, 0.4) is 0 Å². The minimum atomic E-state index is -3.92. The predicted molar refractivity (Wildman–Crippen MR) is 122 cm³/mol. The summed E-state index contributed by atoms with van der Waals surface area (Å²) < 4.78 is 39.7. The zero-order valence-electron chi connectivity index (χ0n) is 18.3. The van der Waals surface area contributed by atoms with Crippen LogP contribution in [0.4, 0.5) is 5.69 Å². The second-order valence-corrected chi connectivity index (χ2v) is 9.70. The molecule has 1 aliphatic heterocycles. The van der Waals surface area contributed by atoms with Crippen LogP contribution in [0.25, 0.3) is 0 Å². The fourth-order valence-electron chi connectivity index (χ4n) is 3.29. The fourth-order valence-corrected chi connectivity index (χ4v) is 4.59. The summed E-state index contributed by atoms with van der Waals surface area (Å²) in [5.41, 5.74) is 2.63. The van der Waals surface area contributed by atoms with E-state index in [1.807, 2.05) is 32.0 Å². The van der Waals surface area contributed by atoms with Gasteiger partial charge in [0.2, 0.25) is 10.0 Å². The molecule has 3 aromatic rings. The summed E-state index contributed by atoms with van der Waals surface area (Å²) in [7, 11) is -2.44. The number of hydrogen-bond acceptors (Lipinski definition) is 5. The Hall–Kier alpha value is -3.36. The van der Waals surface area contributed by atoms with E-state index in [0.29, 0.717) is 17.2 Å². The SMILES string of the molecule is CCN(C)S(=O)(=O)c1cc2c(cc1Oc1ccc(C)cc1)Oc1ccc(C)cc1NC2=O.